The predicted molar refractivity (Wildman–Crippen MR) is 128 cm³/mol. The lowest BCUT2D eigenvalue weighted by atomic mass is 9.88. The topological polar surface area (TPSA) is 48.6 Å². The van der Waals surface area contributed by atoms with E-state index in [1.807, 2.05) is 38.1 Å². The number of oxime groups is 1. The lowest BCUT2D eigenvalue weighted by molar-refractivity contribution is -0.00750. The molecule has 0 saturated heterocycles. The van der Waals surface area contributed by atoms with Crippen LogP contribution in [0.2, 0.25) is 10.2 Å². The summed E-state index contributed by atoms with van der Waals surface area (Å²) in [5.74, 6) is -0.684. The second-order valence-corrected chi connectivity index (χ2v) is 9.58. The summed E-state index contributed by atoms with van der Waals surface area (Å²) < 4.78 is 22.4. The zero-order valence-corrected chi connectivity index (χ0v) is 20.2. The van der Waals surface area contributed by atoms with Gasteiger partial charge in [0.1, 0.15) is 10.8 Å². The van der Waals surface area contributed by atoms with Gasteiger partial charge in [-0.05, 0) is 51.2 Å². The number of ether oxygens (including phenoxy) is 1. The van der Waals surface area contributed by atoms with E-state index in [-0.39, 0.29) is 16.5 Å². The number of aromatic nitrogens is 2. The highest BCUT2D eigenvalue weighted by molar-refractivity contribution is 6.33. The molecule has 33 heavy (non-hydrogen) atoms. The van der Waals surface area contributed by atoms with Gasteiger partial charge in [0.2, 0.25) is 0 Å². The monoisotopic (exact) mass is 487 g/mol. The normalized spacial score (nSPS) is 19.8. The van der Waals surface area contributed by atoms with Crippen molar-refractivity contribution in [1.29, 1.82) is 0 Å². The van der Waals surface area contributed by atoms with Crippen molar-refractivity contribution in [3.63, 3.8) is 0 Å². The predicted octanol–water partition coefficient (Wildman–Crippen LogP) is 6.55. The van der Waals surface area contributed by atoms with Gasteiger partial charge in [0.15, 0.2) is 17.2 Å². The summed E-state index contributed by atoms with van der Waals surface area (Å²) in [6, 6.07) is 9.73. The third kappa shape index (κ3) is 3.69. The van der Waals surface area contributed by atoms with E-state index in [1.54, 1.807) is 6.07 Å². The fourth-order valence-electron chi connectivity index (χ4n) is 4.58. The Hall–Kier alpha value is -2.57. The maximum atomic E-state index is 15.5. The summed E-state index contributed by atoms with van der Waals surface area (Å²) in [4.78, 5) is 5.91. The Kier molecular flexibility index (Phi) is 5.61. The van der Waals surface area contributed by atoms with Gasteiger partial charge in [0.25, 0.3) is 0 Å². The molecule has 3 aromatic rings. The molecule has 5 rings (SSSR count). The fourth-order valence-corrected chi connectivity index (χ4v) is 5.32. The maximum absolute atomic E-state index is 15.5. The van der Waals surface area contributed by atoms with Gasteiger partial charge in [-0.15, -0.1) is 0 Å². The summed E-state index contributed by atoms with van der Waals surface area (Å²) in [5, 5.41) is 9.53. The van der Waals surface area contributed by atoms with E-state index in [2.05, 4.69) is 10.3 Å². The summed E-state index contributed by atoms with van der Waals surface area (Å²) in [7, 11) is 1.39. The summed E-state index contributed by atoms with van der Waals surface area (Å²) in [6.45, 7) is 3.92. The van der Waals surface area contributed by atoms with Crippen LogP contribution in [-0.4, -0.2) is 22.6 Å². The molecule has 0 radical (unpaired) electrons. The molecule has 1 unspecified atom stereocenters. The van der Waals surface area contributed by atoms with Crippen LogP contribution in [-0.2, 0) is 23.3 Å². The van der Waals surface area contributed by atoms with Gasteiger partial charge in [0, 0.05) is 17.5 Å². The molecule has 1 aromatic heterocycles. The molecule has 0 saturated carbocycles. The summed E-state index contributed by atoms with van der Waals surface area (Å²) in [5.41, 5.74) is 4.65. The second kappa shape index (κ2) is 8.33. The number of fused-ring (bicyclic) bond motifs is 1. The lowest BCUT2D eigenvalue weighted by Gasteiger charge is -2.25. The van der Waals surface area contributed by atoms with Crippen molar-refractivity contribution >= 4 is 28.9 Å². The quantitative estimate of drug-likeness (QED) is 0.418. The van der Waals surface area contributed by atoms with Crippen molar-refractivity contribution in [2.75, 3.05) is 7.11 Å². The Balaban J connectivity index is 1.59. The van der Waals surface area contributed by atoms with Crippen LogP contribution < -0.4 is 4.74 Å². The van der Waals surface area contributed by atoms with Gasteiger partial charge in [-0.3, -0.25) is 0 Å². The third-order valence-electron chi connectivity index (χ3n) is 6.48. The molecule has 2 heterocycles. The minimum Gasteiger partial charge on any atom is -0.492 e. The second-order valence-electron chi connectivity index (χ2n) is 8.84. The number of methoxy groups -OCH3 is 1. The molecule has 2 aromatic carbocycles. The summed E-state index contributed by atoms with van der Waals surface area (Å²) in [6.07, 6.45) is 4.22. The van der Waals surface area contributed by atoms with Gasteiger partial charge in [0.05, 0.1) is 23.5 Å². The van der Waals surface area contributed by atoms with E-state index >= 15 is 4.39 Å². The first-order valence-corrected chi connectivity index (χ1v) is 11.7. The van der Waals surface area contributed by atoms with Crippen LogP contribution in [0.1, 0.15) is 54.1 Å². The van der Waals surface area contributed by atoms with Crippen molar-refractivity contribution in [2.45, 2.75) is 51.6 Å². The molecular weight excluding hydrogens is 464 g/mol. The van der Waals surface area contributed by atoms with Crippen molar-refractivity contribution in [2.24, 2.45) is 5.16 Å². The lowest BCUT2D eigenvalue weighted by Crippen LogP contribution is -2.24. The number of benzene rings is 2. The molecule has 0 bridgehead atoms. The Morgan fingerprint density at radius 1 is 1.15 bits per heavy atom. The van der Waals surface area contributed by atoms with E-state index in [4.69, 9.17) is 32.8 Å². The Morgan fingerprint density at radius 3 is 2.58 bits per heavy atom. The van der Waals surface area contributed by atoms with Crippen molar-refractivity contribution in [3.05, 3.63) is 74.3 Å². The first-order chi connectivity index (χ1) is 15.8. The van der Waals surface area contributed by atoms with E-state index in [0.717, 1.165) is 53.8 Å². The molecule has 0 fully saturated rings. The van der Waals surface area contributed by atoms with Crippen molar-refractivity contribution < 1.29 is 14.0 Å². The number of rotatable bonds is 4. The van der Waals surface area contributed by atoms with E-state index in [0.29, 0.717) is 17.1 Å². The van der Waals surface area contributed by atoms with Crippen LogP contribution in [0, 0.1) is 12.7 Å². The standard InChI is InChI=1S/C25H24Cl2FN3O2/c1-14-8-10-15(11-9-14)19-13-25(2,33-30-19)17-12-20(22(28)23(32-3)21(17)26)31-24(27)16-6-4-5-7-18(16)29-31/h8-12H,4-7,13H2,1-3H3. The van der Waals surface area contributed by atoms with Crippen LogP contribution in [0.4, 0.5) is 4.39 Å². The maximum Gasteiger partial charge on any atom is 0.192 e. The summed E-state index contributed by atoms with van der Waals surface area (Å²) >= 11 is 13.3. The highest BCUT2D eigenvalue weighted by Crippen LogP contribution is 2.46. The molecule has 0 spiro atoms. The molecule has 1 aliphatic heterocycles. The third-order valence-corrected chi connectivity index (χ3v) is 7.25. The van der Waals surface area contributed by atoms with Crippen molar-refractivity contribution in [1.82, 2.24) is 9.78 Å². The molecule has 1 atom stereocenters. The smallest absolute Gasteiger partial charge is 0.192 e. The number of halogens is 3. The van der Waals surface area contributed by atoms with Crippen LogP contribution in [0.5, 0.6) is 5.75 Å². The van der Waals surface area contributed by atoms with Crippen LogP contribution in [0.25, 0.3) is 5.69 Å². The molecule has 0 N–H and O–H groups in total. The number of nitrogens with zero attached hydrogens (tertiary/aromatic N) is 3. The van der Waals surface area contributed by atoms with Crippen LogP contribution in [0.15, 0.2) is 35.5 Å². The largest absolute Gasteiger partial charge is 0.492 e. The zero-order valence-electron chi connectivity index (χ0n) is 18.7. The SMILES string of the molecule is COc1c(F)c(-n2nc3c(c2Cl)CCCC3)cc(C2(C)CC(c3ccc(C)cc3)=NO2)c1Cl. The van der Waals surface area contributed by atoms with Crippen LogP contribution in [0.3, 0.4) is 0 Å². The molecule has 5 nitrogen and oxygen atoms in total. The highest BCUT2D eigenvalue weighted by atomic mass is 35.5. The number of hydrogen-bond acceptors (Lipinski definition) is 4. The molecule has 0 amide bonds. The van der Waals surface area contributed by atoms with Gasteiger partial charge in [-0.25, -0.2) is 9.07 Å². The molecule has 172 valence electrons. The van der Waals surface area contributed by atoms with Gasteiger partial charge in [-0.1, -0.05) is 58.2 Å². The fraction of sp³-hybridized carbons (Fsp3) is 0.360. The Bertz CT molecular complexity index is 1270. The van der Waals surface area contributed by atoms with Gasteiger partial charge in [-0.2, -0.15) is 5.10 Å². The molecule has 2 aliphatic rings. The van der Waals surface area contributed by atoms with E-state index in [9.17, 15) is 0 Å². The first-order valence-electron chi connectivity index (χ1n) is 11.0. The average Bonchev–Trinajstić information content (AvgIpc) is 3.36. The van der Waals surface area contributed by atoms with Crippen LogP contribution >= 0.6 is 23.2 Å². The van der Waals surface area contributed by atoms with Gasteiger partial charge < -0.3 is 9.57 Å². The van der Waals surface area contributed by atoms with Crippen molar-refractivity contribution in [3.8, 4) is 11.4 Å². The zero-order chi connectivity index (χ0) is 23.3. The van der Waals surface area contributed by atoms with E-state index < -0.39 is 11.4 Å². The molecule has 1 aliphatic carbocycles. The minimum absolute atomic E-state index is 0.0673. The Labute approximate surface area is 202 Å². The number of aryl methyl sites for hydroxylation is 2. The Morgan fingerprint density at radius 2 is 1.88 bits per heavy atom. The average molecular weight is 488 g/mol. The number of hydrogen-bond donors (Lipinski definition) is 0. The molecular formula is C25H24Cl2FN3O2. The first kappa shape index (κ1) is 22.2. The van der Waals surface area contributed by atoms with Gasteiger partial charge >= 0.3 is 0 Å². The van der Waals surface area contributed by atoms with E-state index in [1.165, 1.54) is 11.8 Å². The molecule has 8 heteroatoms. The highest BCUT2D eigenvalue weighted by Gasteiger charge is 2.41. The minimum atomic E-state index is -0.910.